The van der Waals surface area contributed by atoms with Crippen LogP contribution in [-0.2, 0) is 16.1 Å². The first-order valence-electron chi connectivity index (χ1n) is 4.60. The molecule has 0 saturated carbocycles. The third-order valence-electron chi connectivity index (χ3n) is 2.23. The molecule has 17 heavy (non-hydrogen) atoms. The van der Waals surface area contributed by atoms with Gasteiger partial charge < -0.3 is 0 Å². The molecule has 0 atom stereocenters. The van der Waals surface area contributed by atoms with Crippen molar-refractivity contribution < 1.29 is 18.8 Å². The SMILES string of the molecule is O=C1NC(=O)N(Cc2ccc(F)c(Cl)c2)C1=O. The fraction of sp³-hybridized carbons (Fsp3) is 0.100. The zero-order valence-corrected chi connectivity index (χ0v) is 9.12. The van der Waals surface area contributed by atoms with E-state index >= 15 is 0 Å². The van der Waals surface area contributed by atoms with E-state index in [1.54, 1.807) is 0 Å². The lowest BCUT2D eigenvalue weighted by molar-refractivity contribution is -0.140. The van der Waals surface area contributed by atoms with Crippen LogP contribution in [-0.4, -0.2) is 22.7 Å². The van der Waals surface area contributed by atoms with Crippen LogP contribution in [0.1, 0.15) is 5.56 Å². The minimum absolute atomic E-state index is 0.110. The number of halogens is 2. The number of amides is 4. The van der Waals surface area contributed by atoms with Crippen LogP contribution in [0.15, 0.2) is 18.2 Å². The topological polar surface area (TPSA) is 66.5 Å². The molecule has 1 aliphatic heterocycles. The van der Waals surface area contributed by atoms with Crippen molar-refractivity contribution in [1.82, 2.24) is 10.2 Å². The summed E-state index contributed by atoms with van der Waals surface area (Å²) in [5.41, 5.74) is 0.453. The van der Waals surface area contributed by atoms with Crippen LogP contribution >= 0.6 is 11.6 Å². The lowest BCUT2D eigenvalue weighted by atomic mass is 10.2. The van der Waals surface area contributed by atoms with Crippen LogP contribution in [0.3, 0.4) is 0 Å². The van der Waals surface area contributed by atoms with Gasteiger partial charge in [0.1, 0.15) is 5.82 Å². The molecule has 0 unspecified atom stereocenters. The normalized spacial score (nSPS) is 15.4. The van der Waals surface area contributed by atoms with Gasteiger partial charge in [-0.25, -0.2) is 9.18 Å². The van der Waals surface area contributed by atoms with Crippen molar-refractivity contribution in [2.45, 2.75) is 6.54 Å². The van der Waals surface area contributed by atoms with Gasteiger partial charge >= 0.3 is 17.8 Å². The highest BCUT2D eigenvalue weighted by atomic mass is 35.5. The summed E-state index contributed by atoms with van der Waals surface area (Å²) in [5, 5.41) is 1.74. The summed E-state index contributed by atoms with van der Waals surface area (Å²) in [5.74, 6) is -2.50. The fourth-order valence-electron chi connectivity index (χ4n) is 1.40. The number of carbonyl (C=O) groups is 3. The molecule has 0 aromatic heterocycles. The number of nitrogens with one attached hydrogen (secondary N) is 1. The number of hydrogen-bond acceptors (Lipinski definition) is 3. The average Bonchev–Trinajstić information content (AvgIpc) is 2.50. The first kappa shape index (κ1) is 11.5. The molecule has 0 spiro atoms. The third kappa shape index (κ3) is 2.12. The molecule has 1 aliphatic rings. The summed E-state index contributed by atoms with van der Waals surface area (Å²) in [6.07, 6.45) is 0. The van der Waals surface area contributed by atoms with E-state index in [0.29, 0.717) is 5.56 Å². The van der Waals surface area contributed by atoms with Crippen molar-refractivity contribution in [3.8, 4) is 0 Å². The molecular formula is C10H6ClFN2O3. The highest BCUT2D eigenvalue weighted by Gasteiger charge is 2.36. The molecule has 1 fully saturated rings. The third-order valence-corrected chi connectivity index (χ3v) is 2.52. The Bertz CT molecular complexity index is 532. The highest BCUT2D eigenvalue weighted by Crippen LogP contribution is 2.18. The number of nitrogens with zero attached hydrogens (tertiary/aromatic N) is 1. The number of benzene rings is 1. The van der Waals surface area contributed by atoms with E-state index in [9.17, 15) is 18.8 Å². The molecule has 7 heteroatoms. The Kier molecular flexibility index (Phi) is 2.81. The largest absolute Gasteiger partial charge is 0.331 e. The zero-order valence-electron chi connectivity index (χ0n) is 8.37. The second kappa shape index (κ2) is 4.14. The molecule has 1 saturated heterocycles. The van der Waals surface area contributed by atoms with Crippen molar-refractivity contribution in [1.29, 1.82) is 0 Å². The van der Waals surface area contributed by atoms with E-state index in [1.165, 1.54) is 12.1 Å². The maximum absolute atomic E-state index is 12.9. The maximum Gasteiger partial charge on any atom is 0.331 e. The van der Waals surface area contributed by atoms with Gasteiger partial charge in [0.15, 0.2) is 0 Å². The predicted molar refractivity (Wildman–Crippen MR) is 55.5 cm³/mol. The molecule has 1 N–H and O–H groups in total. The smallest absolute Gasteiger partial charge is 0.269 e. The first-order valence-corrected chi connectivity index (χ1v) is 4.97. The van der Waals surface area contributed by atoms with Crippen molar-refractivity contribution in [2.24, 2.45) is 0 Å². The Hall–Kier alpha value is -1.95. The molecule has 5 nitrogen and oxygen atoms in total. The van der Waals surface area contributed by atoms with Crippen molar-refractivity contribution in [2.75, 3.05) is 0 Å². The van der Waals surface area contributed by atoms with Crippen LogP contribution in [0.2, 0.25) is 5.02 Å². The van der Waals surface area contributed by atoms with Gasteiger partial charge in [0.25, 0.3) is 0 Å². The minimum atomic E-state index is -0.969. The number of urea groups is 1. The maximum atomic E-state index is 12.9. The molecule has 1 aromatic rings. The van der Waals surface area contributed by atoms with Gasteiger partial charge in [0, 0.05) is 0 Å². The first-order chi connectivity index (χ1) is 7.99. The molecular weight excluding hydrogens is 251 g/mol. The molecule has 0 bridgehead atoms. The van der Waals surface area contributed by atoms with E-state index in [2.05, 4.69) is 0 Å². The molecule has 0 aliphatic carbocycles. The number of imide groups is 2. The quantitative estimate of drug-likeness (QED) is 0.635. The van der Waals surface area contributed by atoms with Gasteiger partial charge in [0.2, 0.25) is 0 Å². The van der Waals surface area contributed by atoms with Crippen LogP contribution in [0.4, 0.5) is 9.18 Å². The van der Waals surface area contributed by atoms with Crippen molar-refractivity contribution in [3.63, 3.8) is 0 Å². The molecule has 1 aromatic carbocycles. The van der Waals surface area contributed by atoms with Gasteiger partial charge in [-0.05, 0) is 17.7 Å². The standard InChI is InChI=1S/C10H6ClFN2O3/c11-6-3-5(1-2-7(6)12)4-14-9(16)8(15)13-10(14)17/h1-3H,4H2,(H,13,15,17). The second-order valence-corrected chi connectivity index (χ2v) is 3.81. The zero-order chi connectivity index (χ0) is 12.6. The van der Waals surface area contributed by atoms with E-state index in [0.717, 1.165) is 11.0 Å². The van der Waals surface area contributed by atoms with Crippen LogP contribution in [0.25, 0.3) is 0 Å². The number of hydrogen-bond donors (Lipinski definition) is 1. The van der Waals surface area contributed by atoms with Crippen molar-refractivity contribution >= 4 is 29.4 Å². The van der Waals surface area contributed by atoms with Gasteiger partial charge in [-0.3, -0.25) is 19.8 Å². The Morgan fingerprint density at radius 2 is 2.00 bits per heavy atom. The van der Waals surface area contributed by atoms with Crippen LogP contribution in [0, 0.1) is 5.82 Å². The van der Waals surface area contributed by atoms with Crippen LogP contribution < -0.4 is 5.32 Å². The lowest BCUT2D eigenvalue weighted by Crippen LogP contribution is -2.30. The van der Waals surface area contributed by atoms with E-state index in [4.69, 9.17) is 11.6 Å². The second-order valence-electron chi connectivity index (χ2n) is 3.40. The molecule has 2 rings (SSSR count). The van der Waals surface area contributed by atoms with Gasteiger partial charge in [-0.2, -0.15) is 0 Å². The average molecular weight is 257 g/mol. The number of carbonyl (C=O) groups excluding carboxylic acids is 3. The van der Waals surface area contributed by atoms with E-state index < -0.39 is 23.7 Å². The lowest BCUT2D eigenvalue weighted by Gasteiger charge is -2.11. The Labute approximate surface area is 100 Å². The molecule has 1 heterocycles. The van der Waals surface area contributed by atoms with E-state index in [1.807, 2.05) is 5.32 Å². The summed E-state index contributed by atoms with van der Waals surface area (Å²) in [7, 11) is 0. The van der Waals surface area contributed by atoms with Gasteiger partial charge in [-0.1, -0.05) is 17.7 Å². The monoisotopic (exact) mass is 256 g/mol. The molecule has 0 radical (unpaired) electrons. The Morgan fingerprint density at radius 1 is 1.29 bits per heavy atom. The predicted octanol–water partition coefficient (Wildman–Crippen LogP) is 1.06. The Balaban J connectivity index is 2.21. The molecule has 4 amide bonds. The summed E-state index contributed by atoms with van der Waals surface area (Å²) < 4.78 is 12.9. The Morgan fingerprint density at radius 3 is 2.53 bits per heavy atom. The summed E-state index contributed by atoms with van der Waals surface area (Å²) in [6.45, 7) is -0.129. The summed E-state index contributed by atoms with van der Waals surface area (Å²) >= 11 is 5.55. The van der Waals surface area contributed by atoms with Gasteiger partial charge in [0.05, 0.1) is 11.6 Å². The summed E-state index contributed by atoms with van der Waals surface area (Å²) in [4.78, 5) is 34.1. The molecule has 88 valence electrons. The summed E-state index contributed by atoms with van der Waals surface area (Å²) in [6, 6.07) is 3.00. The fourth-order valence-corrected chi connectivity index (χ4v) is 1.60. The number of rotatable bonds is 2. The minimum Gasteiger partial charge on any atom is -0.269 e. The highest BCUT2D eigenvalue weighted by molar-refractivity contribution is 6.44. The van der Waals surface area contributed by atoms with Crippen LogP contribution in [0.5, 0.6) is 0 Å². The van der Waals surface area contributed by atoms with Gasteiger partial charge in [-0.15, -0.1) is 0 Å². The van der Waals surface area contributed by atoms with Crippen molar-refractivity contribution in [3.05, 3.63) is 34.6 Å². The van der Waals surface area contributed by atoms with E-state index in [-0.39, 0.29) is 11.6 Å².